The van der Waals surface area contributed by atoms with E-state index in [0.29, 0.717) is 11.1 Å². The van der Waals surface area contributed by atoms with Crippen LogP contribution in [0.4, 0.5) is 17.1 Å². The molecular weight excluding hydrogens is 476 g/mol. The van der Waals surface area contributed by atoms with Crippen LogP contribution in [0.3, 0.4) is 0 Å². The largest absolute Gasteiger partial charge is 0.310 e. The fraction of sp³-hybridized carbons (Fsp3) is 0.0857. The zero-order valence-corrected chi connectivity index (χ0v) is 21.7. The van der Waals surface area contributed by atoms with Crippen molar-refractivity contribution in [3.63, 3.8) is 0 Å². The molecule has 4 nitrogen and oxygen atoms in total. The van der Waals surface area contributed by atoms with Gasteiger partial charge in [-0.1, -0.05) is 50.2 Å². The molecule has 1 aliphatic rings. The normalized spacial score (nSPS) is 13.5. The van der Waals surface area contributed by atoms with Gasteiger partial charge in [-0.2, -0.15) is 10.5 Å². The molecule has 0 saturated heterocycles. The van der Waals surface area contributed by atoms with Crippen molar-refractivity contribution in [2.75, 3.05) is 4.90 Å². The van der Waals surface area contributed by atoms with Crippen molar-refractivity contribution < 1.29 is 0 Å². The van der Waals surface area contributed by atoms with Crippen LogP contribution >= 0.6 is 0 Å². The van der Waals surface area contributed by atoms with Crippen LogP contribution in [0, 0.1) is 22.7 Å². The van der Waals surface area contributed by atoms with E-state index in [2.05, 4.69) is 108 Å². The van der Waals surface area contributed by atoms with E-state index in [4.69, 9.17) is 0 Å². The average molecular weight is 501 g/mol. The molecule has 2 heterocycles. The molecule has 0 aliphatic carbocycles. The number of nitriles is 2. The van der Waals surface area contributed by atoms with Crippen LogP contribution in [0.1, 0.15) is 36.1 Å². The van der Waals surface area contributed by atoms with E-state index >= 15 is 0 Å². The van der Waals surface area contributed by atoms with Crippen LogP contribution in [-0.4, -0.2) is 4.57 Å². The van der Waals surface area contributed by atoms with Crippen molar-refractivity contribution in [1.29, 1.82) is 10.5 Å². The molecule has 4 heteroatoms. The Morgan fingerprint density at radius 1 is 0.564 bits per heavy atom. The zero-order chi connectivity index (χ0) is 26.7. The lowest BCUT2D eigenvalue weighted by molar-refractivity contribution is 0.631. The first kappa shape index (κ1) is 22.8. The topological polar surface area (TPSA) is 55.8 Å². The minimum absolute atomic E-state index is 0.371. The average Bonchev–Trinajstić information content (AvgIpc) is 3.32. The molecule has 0 bridgehead atoms. The van der Waals surface area contributed by atoms with E-state index in [1.165, 1.54) is 21.8 Å². The molecule has 7 rings (SSSR count). The first-order chi connectivity index (χ1) is 19.0. The summed E-state index contributed by atoms with van der Waals surface area (Å²) in [6.45, 7) is 4.32. The van der Waals surface area contributed by atoms with Crippen molar-refractivity contribution >= 4 is 38.9 Å². The first-order valence-corrected chi connectivity index (χ1v) is 13.0. The Bertz CT molecular complexity index is 1890. The van der Waals surface area contributed by atoms with E-state index < -0.39 is 0 Å². The maximum Gasteiger partial charge on any atom is 0.0991 e. The highest BCUT2D eigenvalue weighted by Gasteiger charge is 2.37. The lowest BCUT2D eigenvalue weighted by Crippen LogP contribution is -2.31. The van der Waals surface area contributed by atoms with Crippen LogP contribution in [0.2, 0.25) is 0 Å². The number of anilines is 3. The Morgan fingerprint density at radius 2 is 1.03 bits per heavy atom. The molecule has 0 atom stereocenters. The van der Waals surface area contributed by atoms with Gasteiger partial charge in [-0.25, -0.2) is 0 Å². The molecule has 0 radical (unpaired) electrons. The Balaban J connectivity index is 1.43. The van der Waals surface area contributed by atoms with Gasteiger partial charge >= 0.3 is 0 Å². The standard InChI is InChI=1S/C35H24N4/c1-35(2)29-19-23(21-36)11-17-33(29)39(34-18-12-24(22-37)20-30(34)35)26-15-13-25(14-16-26)38-31-9-5-3-7-27(31)28-8-4-6-10-32(28)38/h3-20H,1-2H3. The van der Waals surface area contributed by atoms with Gasteiger partial charge in [0, 0.05) is 27.6 Å². The Labute approximate surface area is 227 Å². The molecule has 0 N–H and O–H groups in total. The maximum absolute atomic E-state index is 9.63. The van der Waals surface area contributed by atoms with Gasteiger partial charge in [0.25, 0.3) is 0 Å². The number of hydrogen-bond donors (Lipinski definition) is 0. The number of para-hydroxylation sites is 2. The highest BCUT2D eigenvalue weighted by Crippen LogP contribution is 2.52. The number of fused-ring (bicyclic) bond motifs is 5. The zero-order valence-electron chi connectivity index (χ0n) is 21.7. The van der Waals surface area contributed by atoms with Gasteiger partial charge in [-0.15, -0.1) is 0 Å². The molecule has 1 aliphatic heterocycles. The number of rotatable bonds is 2. The Hall–Kier alpha value is -5.32. The van der Waals surface area contributed by atoms with Gasteiger partial charge < -0.3 is 9.47 Å². The van der Waals surface area contributed by atoms with Gasteiger partial charge in [-0.05, 0) is 83.9 Å². The predicted octanol–water partition coefficient (Wildman–Crippen LogP) is 8.64. The monoisotopic (exact) mass is 500 g/mol. The smallest absolute Gasteiger partial charge is 0.0991 e. The molecule has 0 saturated carbocycles. The molecule has 1 aromatic heterocycles. The van der Waals surface area contributed by atoms with E-state index in [0.717, 1.165) is 33.9 Å². The summed E-state index contributed by atoms with van der Waals surface area (Å²) in [4.78, 5) is 2.24. The van der Waals surface area contributed by atoms with Crippen molar-refractivity contribution in [3.8, 4) is 17.8 Å². The van der Waals surface area contributed by atoms with Gasteiger partial charge in [-0.3, -0.25) is 0 Å². The maximum atomic E-state index is 9.63. The van der Waals surface area contributed by atoms with Crippen molar-refractivity contribution in [2.45, 2.75) is 19.3 Å². The SMILES string of the molecule is CC1(C)c2cc(C#N)ccc2N(c2ccc(-n3c4ccccc4c4ccccc43)cc2)c2ccc(C#N)cc21. The number of benzene rings is 5. The van der Waals surface area contributed by atoms with Gasteiger partial charge in [0.15, 0.2) is 0 Å². The predicted molar refractivity (Wildman–Crippen MR) is 157 cm³/mol. The number of nitrogens with zero attached hydrogens (tertiary/aromatic N) is 4. The van der Waals surface area contributed by atoms with E-state index in [1.54, 1.807) is 0 Å². The second-order valence-electron chi connectivity index (χ2n) is 10.5. The quantitative estimate of drug-likeness (QED) is 0.239. The second kappa shape index (κ2) is 8.35. The Morgan fingerprint density at radius 3 is 1.51 bits per heavy atom. The fourth-order valence-corrected chi connectivity index (χ4v) is 6.11. The van der Waals surface area contributed by atoms with Crippen LogP contribution in [0.5, 0.6) is 0 Å². The second-order valence-corrected chi connectivity index (χ2v) is 10.5. The summed E-state index contributed by atoms with van der Waals surface area (Å²) in [7, 11) is 0. The lowest BCUT2D eigenvalue weighted by Gasteiger charge is -2.42. The van der Waals surface area contributed by atoms with Crippen LogP contribution in [0.25, 0.3) is 27.5 Å². The highest BCUT2D eigenvalue weighted by atomic mass is 15.2. The van der Waals surface area contributed by atoms with E-state index in [-0.39, 0.29) is 5.41 Å². The van der Waals surface area contributed by atoms with Crippen molar-refractivity contribution in [1.82, 2.24) is 4.57 Å². The minimum atomic E-state index is -0.371. The van der Waals surface area contributed by atoms with E-state index in [9.17, 15) is 10.5 Å². The molecule has 39 heavy (non-hydrogen) atoms. The molecule has 6 aromatic rings. The third-order valence-corrected chi connectivity index (χ3v) is 8.03. The number of hydrogen-bond acceptors (Lipinski definition) is 3. The van der Waals surface area contributed by atoms with Gasteiger partial charge in [0.05, 0.1) is 45.7 Å². The molecule has 0 fully saturated rings. The summed E-state index contributed by atoms with van der Waals surface area (Å²) in [6.07, 6.45) is 0. The van der Waals surface area contributed by atoms with Gasteiger partial charge in [0.2, 0.25) is 0 Å². The van der Waals surface area contributed by atoms with Crippen molar-refractivity contribution in [2.24, 2.45) is 0 Å². The first-order valence-electron chi connectivity index (χ1n) is 13.0. The summed E-state index contributed by atoms with van der Waals surface area (Å²) < 4.78 is 2.31. The summed E-state index contributed by atoms with van der Waals surface area (Å²) in [5.74, 6) is 0. The highest BCUT2D eigenvalue weighted by molar-refractivity contribution is 6.09. The molecule has 5 aromatic carbocycles. The van der Waals surface area contributed by atoms with E-state index in [1.807, 2.05) is 36.4 Å². The molecule has 0 spiro atoms. The molecule has 0 unspecified atom stereocenters. The summed E-state index contributed by atoms with van der Waals surface area (Å²) in [5.41, 5.74) is 9.56. The molecule has 184 valence electrons. The fourth-order valence-electron chi connectivity index (χ4n) is 6.11. The van der Waals surface area contributed by atoms with Crippen LogP contribution in [0.15, 0.2) is 109 Å². The third kappa shape index (κ3) is 3.29. The number of aromatic nitrogens is 1. The van der Waals surface area contributed by atoms with Crippen LogP contribution < -0.4 is 4.90 Å². The summed E-state index contributed by atoms with van der Waals surface area (Å²) in [6, 6.07) is 42.1. The van der Waals surface area contributed by atoms with Gasteiger partial charge in [0.1, 0.15) is 0 Å². The minimum Gasteiger partial charge on any atom is -0.310 e. The lowest BCUT2D eigenvalue weighted by atomic mass is 9.72. The Kier molecular flexibility index (Phi) is 4.89. The summed E-state index contributed by atoms with van der Waals surface area (Å²) in [5, 5.41) is 21.7. The van der Waals surface area contributed by atoms with Crippen LogP contribution in [-0.2, 0) is 5.41 Å². The third-order valence-electron chi connectivity index (χ3n) is 8.03. The van der Waals surface area contributed by atoms with Crippen molar-refractivity contribution in [3.05, 3.63) is 131 Å². The molecular formula is C35H24N4. The summed E-state index contributed by atoms with van der Waals surface area (Å²) >= 11 is 0. The molecule has 0 amide bonds.